The molecular weight excluding hydrogens is 410 g/mol. The van der Waals surface area contributed by atoms with E-state index in [1.807, 2.05) is 50.2 Å². The molecular formula is C22H27N7OS. The van der Waals surface area contributed by atoms with Gasteiger partial charge in [0.15, 0.2) is 11.0 Å². The lowest BCUT2D eigenvalue weighted by Gasteiger charge is -2.30. The second kappa shape index (κ2) is 9.93. The van der Waals surface area contributed by atoms with Gasteiger partial charge in [0, 0.05) is 53.5 Å². The smallest absolute Gasteiger partial charge is 0.224 e. The maximum Gasteiger partial charge on any atom is 0.224 e. The van der Waals surface area contributed by atoms with E-state index in [0.29, 0.717) is 11.6 Å². The van der Waals surface area contributed by atoms with Crippen LogP contribution >= 0.6 is 11.8 Å². The Balaban J connectivity index is 1.50. The Morgan fingerprint density at radius 2 is 1.97 bits per heavy atom. The van der Waals surface area contributed by atoms with Crippen molar-refractivity contribution in [2.45, 2.75) is 43.2 Å². The minimum atomic E-state index is 0.00274. The minimum absolute atomic E-state index is 0.00274. The third-order valence-electron chi connectivity index (χ3n) is 5.02. The van der Waals surface area contributed by atoms with Crippen molar-refractivity contribution in [1.29, 1.82) is 0 Å². The first-order valence-electron chi connectivity index (χ1n) is 10.5. The van der Waals surface area contributed by atoms with Crippen molar-refractivity contribution in [1.82, 2.24) is 25.1 Å². The van der Waals surface area contributed by atoms with Crippen molar-refractivity contribution in [3.8, 4) is 0 Å². The number of amides is 1. The summed E-state index contributed by atoms with van der Waals surface area (Å²) in [6.45, 7) is 7.15. The first-order chi connectivity index (χ1) is 15.1. The largest absolute Gasteiger partial charge is 0.326 e. The number of likely N-dealkylation sites (tertiary alicyclic amines) is 1. The van der Waals surface area contributed by atoms with Gasteiger partial charge in [-0.25, -0.2) is 9.97 Å². The topological polar surface area (TPSA) is 98.8 Å². The number of nitrogens with one attached hydrogen (secondary N) is 3. The molecule has 1 aliphatic heterocycles. The van der Waals surface area contributed by atoms with Crippen LogP contribution in [0.4, 0.5) is 17.3 Å². The molecule has 3 aromatic rings. The standard InChI is InChI=1S/C22H27N7OS/c1-3-21(30)23-16-5-7-18(8-6-16)31-22-24-17(9-12-29-10-4-11-29)14-19(26-22)25-20-13-15(2)27-28-20/h5-8,13-14H,3-4,9-12H2,1-2H3,(H,23,30)(H2,24,25,26,27,28). The number of nitrogens with zero attached hydrogens (tertiary/aromatic N) is 4. The summed E-state index contributed by atoms with van der Waals surface area (Å²) in [5.74, 6) is 1.47. The minimum Gasteiger partial charge on any atom is -0.326 e. The summed E-state index contributed by atoms with van der Waals surface area (Å²) in [6.07, 6.45) is 2.62. The van der Waals surface area contributed by atoms with Gasteiger partial charge in [-0.1, -0.05) is 6.92 Å². The molecule has 8 nitrogen and oxygen atoms in total. The average Bonchev–Trinajstić information content (AvgIpc) is 3.12. The van der Waals surface area contributed by atoms with Crippen molar-refractivity contribution < 1.29 is 4.79 Å². The molecule has 3 N–H and O–H groups in total. The normalized spacial score (nSPS) is 13.6. The molecule has 3 heterocycles. The Bertz CT molecular complexity index is 1030. The summed E-state index contributed by atoms with van der Waals surface area (Å²) >= 11 is 1.50. The zero-order valence-electron chi connectivity index (χ0n) is 17.8. The van der Waals surface area contributed by atoms with Crippen LogP contribution in [0.1, 0.15) is 31.2 Å². The van der Waals surface area contributed by atoms with Gasteiger partial charge in [-0.05, 0) is 62.5 Å². The molecule has 1 aliphatic rings. The van der Waals surface area contributed by atoms with E-state index < -0.39 is 0 Å². The van der Waals surface area contributed by atoms with Crippen LogP contribution in [-0.2, 0) is 11.2 Å². The molecule has 0 saturated carbocycles. The molecule has 31 heavy (non-hydrogen) atoms. The summed E-state index contributed by atoms with van der Waals surface area (Å²) in [5.41, 5.74) is 2.78. The summed E-state index contributed by atoms with van der Waals surface area (Å²) in [4.78, 5) is 24.5. The van der Waals surface area contributed by atoms with E-state index in [1.165, 1.54) is 31.3 Å². The van der Waals surface area contributed by atoms with Crippen LogP contribution < -0.4 is 10.6 Å². The lowest BCUT2D eigenvalue weighted by Crippen LogP contribution is -2.38. The van der Waals surface area contributed by atoms with Gasteiger partial charge < -0.3 is 15.5 Å². The van der Waals surface area contributed by atoms with Gasteiger partial charge in [-0.3, -0.25) is 9.89 Å². The van der Waals surface area contributed by atoms with Gasteiger partial charge >= 0.3 is 0 Å². The monoisotopic (exact) mass is 437 g/mol. The highest BCUT2D eigenvalue weighted by molar-refractivity contribution is 7.99. The van der Waals surface area contributed by atoms with Crippen molar-refractivity contribution in [3.05, 3.63) is 47.8 Å². The van der Waals surface area contributed by atoms with Crippen LogP contribution in [0.3, 0.4) is 0 Å². The zero-order chi connectivity index (χ0) is 21.6. The van der Waals surface area contributed by atoms with Gasteiger partial charge in [0.05, 0.1) is 0 Å². The second-order valence-electron chi connectivity index (χ2n) is 7.56. The number of anilines is 3. The zero-order valence-corrected chi connectivity index (χ0v) is 18.6. The molecule has 1 saturated heterocycles. The first kappa shape index (κ1) is 21.3. The van der Waals surface area contributed by atoms with Gasteiger partial charge in [0.1, 0.15) is 5.82 Å². The van der Waals surface area contributed by atoms with Gasteiger partial charge in [0.25, 0.3) is 0 Å². The van der Waals surface area contributed by atoms with Crippen molar-refractivity contribution in [3.63, 3.8) is 0 Å². The fourth-order valence-corrected chi connectivity index (χ4v) is 3.95. The molecule has 1 fully saturated rings. The lowest BCUT2D eigenvalue weighted by molar-refractivity contribution is -0.115. The molecule has 0 atom stereocenters. The van der Waals surface area contributed by atoms with E-state index in [-0.39, 0.29) is 5.91 Å². The number of H-pyrrole nitrogens is 1. The average molecular weight is 438 g/mol. The van der Waals surface area contributed by atoms with Gasteiger partial charge in [-0.15, -0.1) is 0 Å². The molecule has 0 spiro atoms. The number of aromatic amines is 1. The fraction of sp³-hybridized carbons (Fsp3) is 0.364. The summed E-state index contributed by atoms with van der Waals surface area (Å²) in [5, 5.41) is 14.0. The van der Waals surface area contributed by atoms with Crippen LogP contribution in [0.15, 0.2) is 46.5 Å². The fourth-order valence-electron chi connectivity index (χ4n) is 3.16. The predicted octanol–water partition coefficient (Wildman–Crippen LogP) is 4.00. The van der Waals surface area contributed by atoms with Gasteiger partial charge in [-0.2, -0.15) is 5.10 Å². The molecule has 0 bridgehead atoms. The summed E-state index contributed by atoms with van der Waals surface area (Å²) in [7, 11) is 0. The molecule has 0 radical (unpaired) electrons. The highest BCUT2D eigenvalue weighted by Crippen LogP contribution is 2.28. The van der Waals surface area contributed by atoms with E-state index in [0.717, 1.165) is 46.6 Å². The van der Waals surface area contributed by atoms with E-state index in [2.05, 4.69) is 30.7 Å². The number of carbonyl (C=O) groups is 1. The van der Waals surface area contributed by atoms with Crippen molar-refractivity contribution >= 4 is 35.0 Å². The van der Waals surface area contributed by atoms with Crippen LogP contribution in [0.25, 0.3) is 0 Å². The van der Waals surface area contributed by atoms with E-state index in [4.69, 9.17) is 4.98 Å². The van der Waals surface area contributed by atoms with Gasteiger partial charge in [0.2, 0.25) is 5.91 Å². The Kier molecular flexibility index (Phi) is 6.83. The molecule has 0 unspecified atom stereocenters. The maximum atomic E-state index is 11.6. The highest BCUT2D eigenvalue weighted by atomic mass is 32.2. The summed E-state index contributed by atoms with van der Waals surface area (Å²) < 4.78 is 0. The van der Waals surface area contributed by atoms with Crippen LogP contribution in [0, 0.1) is 6.92 Å². The second-order valence-corrected chi connectivity index (χ2v) is 8.60. The number of hydrogen-bond acceptors (Lipinski definition) is 7. The van der Waals surface area contributed by atoms with E-state index in [1.54, 1.807) is 0 Å². The van der Waals surface area contributed by atoms with Crippen LogP contribution in [-0.4, -0.2) is 50.6 Å². The number of aromatic nitrogens is 4. The van der Waals surface area contributed by atoms with Crippen molar-refractivity contribution in [2.24, 2.45) is 0 Å². The molecule has 162 valence electrons. The highest BCUT2D eigenvalue weighted by Gasteiger charge is 2.15. The number of rotatable bonds is 9. The molecule has 2 aromatic heterocycles. The number of carbonyl (C=O) groups excluding carboxylic acids is 1. The predicted molar refractivity (Wildman–Crippen MR) is 123 cm³/mol. The quantitative estimate of drug-likeness (QED) is 0.435. The molecule has 0 aliphatic carbocycles. The Morgan fingerprint density at radius 1 is 1.16 bits per heavy atom. The third-order valence-corrected chi connectivity index (χ3v) is 5.89. The molecule has 4 rings (SSSR count). The van der Waals surface area contributed by atoms with E-state index >= 15 is 0 Å². The lowest BCUT2D eigenvalue weighted by atomic mass is 10.2. The number of hydrogen-bond donors (Lipinski definition) is 3. The Morgan fingerprint density at radius 3 is 2.61 bits per heavy atom. The van der Waals surface area contributed by atoms with E-state index in [9.17, 15) is 4.79 Å². The van der Waals surface area contributed by atoms with Crippen LogP contribution in [0.5, 0.6) is 0 Å². The van der Waals surface area contributed by atoms with Crippen LogP contribution in [0.2, 0.25) is 0 Å². The molecule has 1 aromatic carbocycles. The van der Waals surface area contributed by atoms with Crippen molar-refractivity contribution in [2.75, 3.05) is 30.3 Å². The number of benzene rings is 1. The summed E-state index contributed by atoms with van der Waals surface area (Å²) in [6, 6.07) is 11.7. The molecule has 9 heteroatoms. The first-order valence-corrected chi connectivity index (χ1v) is 11.4. The SMILES string of the molecule is CCC(=O)Nc1ccc(Sc2nc(CCN3CCC3)cc(Nc3cc(C)[nH]n3)n2)cc1. The Hall–Kier alpha value is -2.91. The maximum absolute atomic E-state index is 11.6. The molecule has 1 amide bonds. The third kappa shape index (κ3) is 6.05. The number of aryl methyl sites for hydroxylation is 1. The Labute approximate surface area is 186 Å².